The summed E-state index contributed by atoms with van der Waals surface area (Å²) in [5, 5.41) is 1.59. The largest absolute Gasteiger partial charge is 0.305 e. The van der Waals surface area contributed by atoms with E-state index in [1.165, 1.54) is 0 Å². The van der Waals surface area contributed by atoms with Gasteiger partial charge in [0.1, 0.15) is 0 Å². The summed E-state index contributed by atoms with van der Waals surface area (Å²) in [4.78, 5) is 6.61. The Hall–Kier alpha value is -1.50. The molecule has 0 radical (unpaired) electrons. The molecule has 0 unspecified atom stereocenters. The molecule has 0 spiro atoms. The number of fused-ring (bicyclic) bond motifs is 1. The van der Waals surface area contributed by atoms with Gasteiger partial charge in [-0.3, -0.25) is 4.98 Å². The molecule has 21 heavy (non-hydrogen) atoms. The van der Waals surface area contributed by atoms with E-state index in [9.17, 15) is 8.42 Å². The summed E-state index contributed by atoms with van der Waals surface area (Å²) < 4.78 is 27.5. The molecule has 1 saturated heterocycles. The zero-order chi connectivity index (χ0) is 14.9. The van der Waals surface area contributed by atoms with Crippen molar-refractivity contribution in [2.24, 2.45) is 0 Å². The number of rotatable bonds is 2. The Bertz CT molecular complexity index is 740. The molecule has 3 rings (SSSR count). The summed E-state index contributed by atoms with van der Waals surface area (Å²) in [6, 6.07) is 7.12. The van der Waals surface area contributed by atoms with Gasteiger partial charge in [0.25, 0.3) is 0 Å². The van der Waals surface area contributed by atoms with Crippen LogP contribution in [0.4, 0.5) is 0 Å². The predicted octanol–water partition coefficient (Wildman–Crippen LogP) is 1.56. The molecular weight excluding hydrogens is 286 g/mol. The van der Waals surface area contributed by atoms with Gasteiger partial charge in [-0.15, -0.1) is 0 Å². The standard InChI is InChI=1S/C15H19N3O2S/c1-17-8-3-9-18(11-10-17)21(19,20)15-5-2-4-13-12-16-7-6-14(13)15/h2,4-7,12H,3,8-11H2,1H3. The molecule has 2 aromatic rings. The maximum Gasteiger partial charge on any atom is 0.243 e. The molecule has 2 heterocycles. The van der Waals surface area contributed by atoms with Gasteiger partial charge < -0.3 is 4.90 Å². The van der Waals surface area contributed by atoms with Gasteiger partial charge in [0, 0.05) is 42.8 Å². The van der Waals surface area contributed by atoms with Crippen molar-refractivity contribution in [3.8, 4) is 0 Å². The third-order valence-electron chi connectivity index (χ3n) is 3.94. The number of likely N-dealkylation sites (N-methyl/N-ethyl adjacent to an activating group) is 1. The summed E-state index contributed by atoms with van der Waals surface area (Å²) in [7, 11) is -1.43. The lowest BCUT2D eigenvalue weighted by Crippen LogP contribution is -2.34. The molecule has 5 nitrogen and oxygen atoms in total. The molecule has 0 bridgehead atoms. The highest BCUT2D eigenvalue weighted by molar-refractivity contribution is 7.89. The Morgan fingerprint density at radius 3 is 2.81 bits per heavy atom. The highest BCUT2D eigenvalue weighted by Gasteiger charge is 2.27. The molecule has 0 amide bonds. The van der Waals surface area contributed by atoms with Crippen LogP contribution in [-0.4, -0.2) is 55.8 Å². The van der Waals surface area contributed by atoms with E-state index in [-0.39, 0.29) is 0 Å². The van der Waals surface area contributed by atoms with Crippen LogP contribution in [-0.2, 0) is 10.0 Å². The number of nitrogens with zero attached hydrogens (tertiary/aromatic N) is 3. The second-order valence-electron chi connectivity index (χ2n) is 5.41. The van der Waals surface area contributed by atoms with Crippen LogP contribution in [0.1, 0.15) is 6.42 Å². The van der Waals surface area contributed by atoms with Gasteiger partial charge in [-0.25, -0.2) is 8.42 Å². The minimum absolute atomic E-state index is 0.381. The fraction of sp³-hybridized carbons (Fsp3) is 0.400. The lowest BCUT2D eigenvalue weighted by atomic mass is 10.2. The molecular formula is C15H19N3O2S. The van der Waals surface area contributed by atoms with E-state index in [1.54, 1.807) is 34.9 Å². The van der Waals surface area contributed by atoms with Gasteiger partial charge in [-0.05, 0) is 32.1 Å². The first-order valence-corrected chi connectivity index (χ1v) is 8.54. The summed E-state index contributed by atoms with van der Waals surface area (Å²) in [6.07, 6.45) is 4.20. The third kappa shape index (κ3) is 2.79. The first-order chi connectivity index (χ1) is 10.1. The molecule has 6 heteroatoms. The van der Waals surface area contributed by atoms with Crippen LogP contribution in [0.3, 0.4) is 0 Å². The fourth-order valence-corrected chi connectivity index (χ4v) is 4.40. The Morgan fingerprint density at radius 1 is 1.10 bits per heavy atom. The lowest BCUT2D eigenvalue weighted by molar-refractivity contribution is 0.347. The highest BCUT2D eigenvalue weighted by Crippen LogP contribution is 2.25. The smallest absolute Gasteiger partial charge is 0.243 e. The van der Waals surface area contributed by atoms with Gasteiger partial charge in [0.15, 0.2) is 0 Å². The fourth-order valence-electron chi connectivity index (χ4n) is 2.72. The van der Waals surface area contributed by atoms with Crippen LogP contribution in [0.25, 0.3) is 10.8 Å². The molecule has 0 N–H and O–H groups in total. The molecule has 112 valence electrons. The molecule has 1 aliphatic heterocycles. The average Bonchev–Trinajstić information content (AvgIpc) is 2.72. The van der Waals surface area contributed by atoms with E-state index in [2.05, 4.69) is 9.88 Å². The number of hydrogen-bond donors (Lipinski definition) is 0. The summed E-state index contributed by atoms with van der Waals surface area (Å²) in [5.74, 6) is 0. The lowest BCUT2D eigenvalue weighted by Gasteiger charge is -2.21. The van der Waals surface area contributed by atoms with Crippen LogP contribution in [0.2, 0.25) is 0 Å². The van der Waals surface area contributed by atoms with E-state index in [0.29, 0.717) is 18.0 Å². The van der Waals surface area contributed by atoms with E-state index in [1.807, 2.05) is 13.1 Å². The highest BCUT2D eigenvalue weighted by atomic mass is 32.2. The van der Waals surface area contributed by atoms with Crippen LogP contribution in [0, 0.1) is 0 Å². The molecule has 0 atom stereocenters. The predicted molar refractivity (Wildman–Crippen MR) is 82.6 cm³/mol. The Morgan fingerprint density at radius 2 is 1.95 bits per heavy atom. The molecule has 1 fully saturated rings. The zero-order valence-electron chi connectivity index (χ0n) is 12.1. The van der Waals surface area contributed by atoms with Crippen molar-refractivity contribution in [3.05, 3.63) is 36.7 Å². The van der Waals surface area contributed by atoms with Gasteiger partial charge in [-0.2, -0.15) is 4.31 Å². The number of pyridine rings is 1. The van der Waals surface area contributed by atoms with Crippen molar-refractivity contribution in [1.82, 2.24) is 14.2 Å². The number of aromatic nitrogens is 1. The van der Waals surface area contributed by atoms with E-state index in [0.717, 1.165) is 30.3 Å². The molecule has 1 aromatic carbocycles. The van der Waals surface area contributed by atoms with Gasteiger partial charge in [-0.1, -0.05) is 12.1 Å². The SMILES string of the molecule is CN1CCCN(S(=O)(=O)c2cccc3cnccc23)CC1. The molecule has 1 aliphatic rings. The summed E-state index contributed by atoms with van der Waals surface area (Å²) in [5.41, 5.74) is 0. The summed E-state index contributed by atoms with van der Waals surface area (Å²) in [6.45, 7) is 2.82. The maximum atomic E-state index is 12.9. The first-order valence-electron chi connectivity index (χ1n) is 7.10. The third-order valence-corrected chi connectivity index (χ3v) is 5.89. The van der Waals surface area contributed by atoms with E-state index < -0.39 is 10.0 Å². The van der Waals surface area contributed by atoms with E-state index >= 15 is 0 Å². The van der Waals surface area contributed by atoms with Gasteiger partial charge >= 0.3 is 0 Å². The van der Waals surface area contributed by atoms with Crippen molar-refractivity contribution < 1.29 is 8.42 Å². The van der Waals surface area contributed by atoms with Crippen LogP contribution in [0.15, 0.2) is 41.6 Å². The number of benzene rings is 1. The molecule has 0 aliphatic carbocycles. The number of hydrogen-bond acceptors (Lipinski definition) is 4. The van der Waals surface area contributed by atoms with Crippen LogP contribution < -0.4 is 0 Å². The minimum Gasteiger partial charge on any atom is -0.305 e. The average molecular weight is 305 g/mol. The Kier molecular flexibility index (Phi) is 3.93. The van der Waals surface area contributed by atoms with Crippen molar-refractivity contribution in [3.63, 3.8) is 0 Å². The van der Waals surface area contributed by atoms with Crippen LogP contribution in [0.5, 0.6) is 0 Å². The van der Waals surface area contributed by atoms with Crippen molar-refractivity contribution in [2.75, 3.05) is 33.2 Å². The zero-order valence-corrected chi connectivity index (χ0v) is 12.9. The second kappa shape index (κ2) is 5.71. The minimum atomic E-state index is -3.46. The van der Waals surface area contributed by atoms with Crippen molar-refractivity contribution in [1.29, 1.82) is 0 Å². The van der Waals surface area contributed by atoms with Crippen molar-refractivity contribution >= 4 is 20.8 Å². The van der Waals surface area contributed by atoms with Crippen LogP contribution >= 0.6 is 0 Å². The topological polar surface area (TPSA) is 53.5 Å². The normalized spacial score (nSPS) is 18.7. The maximum absolute atomic E-state index is 12.9. The quantitative estimate of drug-likeness (QED) is 0.845. The Balaban J connectivity index is 2.04. The first kappa shape index (κ1) is 14.4. The molecule has 1 aromatic heterocycles. The van der Waals surface area contributed by atoms with Gasteiger partial charge in [0.2, 0.25) is 10.0 Å². The second-order valence-corrected chi connectivity index (χ2v) is 7.32. The molecule has 0 saturated carbocycles. The number of sulfonamides is 1. The monoisotopic (exact) mass is 305 g/mol. The van der Waals surface area contributed by atoms with Gasteiger partial charge in [0.05, 0.1) is 4.90 Å². The Labute approximate surface area is 125 Å². The van der Waals surface area contributed by atoms with Crippen molar-refractivity contribution in [2.45, 2.75) is 11.3 Å². The summed E-state index contributed by atoms with van der Waals surface area (Å²) >= 11 is 0. The van der Waals surface area contributed by atoms with E-state index in [4.69, 9.17) is 0 Å².